The minimum Gasteiger partial charge on any atom is -1.00 e. The fourth-order valence-corrected chi connectivity index (χ4v) is 2.89. The molecule has 0 aromatic heterocycles. The average molecular weight is 294 g/mol. The van der Waals surface area contributed by atoms with Crippen LogP contribution >= 0.6 is 0 Å². The second-order valence-electron chi connectivity index (χ2n) is 2.54. The van der Waals surface area contributed by atoms with Crippen molar-refractivity contribution < 1.29 is 28.4 Å². The van der Waals surface area contributed by atoms with E-state index in [9.17, 15) is 16.8 Å². The largest absolute Gasteiger partial charge is 2.00 e. The summed E-state index contributed by atoms with van der Waals surface area (Å²) >= 11 is 0. The fourth-order valence-electron chi connectivity index (χ4n) is 0.960. The van der Waals surface area contributed by atoms with Crippen molar-refractivity contribution in [3.8, 4) is 0 Å². The molecule has 9 heteroatoms. The van der Waals surface area contributed by atoms with Gasteiger partial charge in [0.1, 0.15) is 9.79 Å². The quantitative estimate of drug-likeness (QED) is 0.483. The van der Waals surface area contributed by atoms with E-state index in [1.807, 2.05) is 0 Å². The number of benzene rings is 1. The molecular weight excluding hydrogens is 284 g/mol. The first-order chi connectivity index (χ1) is 6.79. The summed E-state index contributed by atoms with van der Waals surface area (Å²) in [7, 11) is -7.84. The van der Waals surface area contributed by atoms with Gasteiger partial charge in [-0.15, -0.1) is 0 Å². The zero-order chi connectivity index (χ0) is 11.7. The van der Waals surface area contributed by atoms with E-state index in [1.165, 1.54) is 12.1 Å². The van der Waals surface area contributed by atoms with Crippen LogP contribution in [0.25, 0.3) is 0 Å². The van der Waals surface area contributed by atoms with Crippen LogP contribution < -0.4 is 0 Å². The zero-order valence-electron chi connectivity index (χ0n) is 10.3. The Bertz CT molecular complexity index is 571. The Hall–Kier alpha value is 0.300. The van der Waals surface area contributed by atoms with Gasteiger partial charge in [0.15, 0.2) is 0 Å². The predicted octanol–water partition coefficient (Wildman–Crippen LogP) is 0.113. The molecule has 6 nitrogen and oxygen atoms in total. The first-order valence-electron chi connectivity index (χ1n) is 3.66. The molecule has 0 aliphatic carbocycles. The Morgan fingerprint density at radius 1 is 1.12 bits per heavy atom. The monoisotopic (exact) mass is 294 g/mol. The van der Waals surface area contributed by atoms with Gasteiger partial charge in [0.2, 0.25) is 0 Å². The van der Waals surface area contributed by atoms with Crippen LogP contribution in [-0.4, -0.2) is 66.2 Å². The van der Waals surface area contributed by atoms with E-state index in [4.69, 9.17) is 4.55 Å². The zero-order valence-corrected chi connectivity index (χ0v) is 12.2. The summed E-state index contributed by atoms with van der Waals surface area (Å²) in [6, 6.07) is 4.61. The molecule has 0 fully saturated rings. The van der Waals surface area contributed by atoms with Gasteiger partial charge in [-0.3, -0.25) is 8.74 Å². The molecule has 0 heterocycles. The van der Waals surface area contributed by atoms with Gasteiger partial charge in [-0.05, 0) is 12.1 Å². The molecule has 0 amide bonds. The Balaban J connectivity index is -0.000000750. The van der Waals surface area contributed by atoms with Gasteiger partial charge in [-0.1, -0.05) is 12.1 Å². The van der Waals surface area contributed by atoms with E-state index < -0.39 is 30.0 Å². The number of hydrogen-bond donors (Lipinski definition) is 1. The van der Waals surface area contributed by atoms with E-state index in [1.54, 1.807) is 0 Å². The van der Waals surface area contributed by atoms with Gasteiger partial charge in [-0.2, -0.15) is 16.8 Å². The van der Waals surface area contributed by atoms with Crippen LogP contribution in [0.3, 0.4) is 0 Å². The first-order valence-corrected chi connectivity index (χ1v) is 6.51. The summed E-state index contributed by atoms with van der Waals surface area (Å²) in [5.74, 6) is 0. The van der Waals surface area contributed by atoms with Gasteiger partial charge in [0.25, 0.3) is 20.2 Å². The number of rotatable bonds is 3. The van der Waals surface area contributed by atoms with Gasteiger partial charge in [0.05, 0.1) is 7.11 Å². The van der Waals surface area contributed by atoms with E-state index in [2.05, 4.69) is 4.18 Å². The van der Waals surface area contributed by atoms with Crippen LogP contribution in [0.2, 0.25) is 0 Å². The van der Waals surface area contributed by atoms with Crippen LogP contribution in [0.5, 0.6) is 0 Å². The van der Waals surface area contributed by atoms with Crippen molar-refractivity contribution in [2.24, 2.45) is 0 Å². The molecule has 0 saturated carbocycles. The van der Waals surface area contributed by atoms with Crippen molar-refractivity contribution in [2.75, 3.05) is 7.11 Å². The summed E-state index contributed by atoms with van der Waals surface area (Å²) in [4.78, 5) is -1.29. The van der Waals surface area contributed by atoms with Crippen molar-refractivity contribution in [1.29, 1.82) is 0 Å². The molecule has 0 radical (unpaired) electrons. The van der Waals surface area contributed by atoms with Crippen LogP contribution in [0.4, 0.5) is 0 Å². The second-order valence-corrected chi connectivity index (χ2v) is 5.61. The molecule has 1 aromatic carbocycles. The van der Waals surface area contributed by atoms with Crippen molar-refractivity contribution in [1.82, 2.24) is 0 Å². The molecule has 0 bridgehead atoms. The second kappa shape index (κ2) is 5.76. The molecule has 1 N–H and O–H groups in total. The molecule has 1 rings (SSSR count). The fraction of sp³-hybridized carbons (Fsp3) is 0.143. The van der Waals surface area contributed by atoms with Crippen LogP contribution in [-0.2, 0) is 24.4 Å². The van der Waals surface area contributed by atoms with Gasteiger partial charge < -0.3 is 2.85 Å². The van der Waals surface area contributed by atoms with Crippen molar-refractivity contribution >= 4 is 58.0 Å². The molecule has 0 aliphatic heterocycles. The van der Waals surface area contributed by atoms with Gasteiger partial charge in [-0.25, -0.2) is 0 Å². The van der Waals surface area contributed by atoms with E-state index >= 15 is 0 Å². The van der Waals surface area contributed by atoms with Gasteiger partial charge in [0, 0.05) is 0 Å². The minimum absolute atomic E-state index is 0. The van der Waals surface area contributed by atoms with E-state index in [-0.39, 0.29) is 40.6 Å². The van der Waals surface area contributed by atoms with Crippen LogP contribution in [0.1, 0.15) is 2.85 Å². The molecule has 0 unspecified atom stereocenters. The molecule has 16 heavy (non-hydrogen) atoms. The molecule has 0 atom stereocenters. The standard InChI is InChI=1S/C7H8O6S2.Ca.2H/c1-13-15(11,12)7-5-3-2-4-6(7)14(8,9)10;;;/h2-5H,1H3,(H,8,9,10);;;/q;+2;2*-1. The molecule has 1 aromatic rings. The molecule has 0 saturated heterocycles. The van der Waals surface area contributed by atoms with Gasteiger partial charge >= 0.3 is 37.7 Å². The summed E-state index contributed by atoms with van der Waals surface area (Å²) in [6.45, 7) is 0. The predicted molar refractivity (Wildman–Crippen MR) is 58.4 cm³/mol. The third-order valence-electron chi connectivity index (χ3n) is 1.62. The average Bonchev–Trinajstić information content (AvgIpc) is 2.16. The summed E-state index contributed by atoms with van der Waals surface area (Å²) < 4.78 is 57.2. The molecule has 0 spiro atoms. The third-order valence-corrected chi connectivity index (χ3v) is 3.99. The molecule has 0 aliphatic rings. The van der Waals surface area contributed by atoms with Crippen molar-refractivity contribution in [2.45, 2.75) is 9.79 Å². The maximum absolute atomic E-state index is 11.3. The first kappa shape index (κ1) is 16.3. The van der Waals surface area contributed by atoms with Crippen molar-refractivity contribution in [3.63, 3.8) is 0 Å². The molecule has 88 valence electrons. The maximum atomic E-state index is 11.3. The minimum atomic E-state index is -4.59. The Labute approximate surface area is 126 Å². The normalized spacial score (nSPS) is 11.9. The number of hydrogen-bond acceptors (Lipinski definition) is 5. The smallest absolute Gasteiger partial charge is 1.00 e. The maximum Gasteiger partial charge on any atom is 2.00 e. The third kappa shape index (κ3) is 3.66. The van der Waals surface area contributed by atoms with Crippen LogP contribution in [0, 0.1) is 0 Å². The van der Waals surface area contributed by atoms with E-state index in [0.29, 0.717) is 0 Å². The summed E-state index contributed by atoms with van der Waals surface area (Å²) in [5.41, 5.74) is 0. The summed E-state index contributed by atoms with van der Waals surface area (Å²) in [5, 5.41) is 0. The SMILES string of the molecule is COS(=O)(=O)c1ccccc1S(=O)(=O)O.[Ca+2].[H-].[H-]. The molecular formula is C7H10CaO6S2. The summed E-state index contributed by atoms with van der Waals surface area (Å²) in [6.07, 6.45) is 0. The van der Waals surface area contributed by atoms with E-state index in [0.717, 1.165) is 19.2 Å². The van der Waals surface area contributed by atoms with Crippen molar-refractivity contribution in [3.05, 3.63) is 24.3 Å². The Morgan fingerprint density at radius 3 is 1.94 bits per heavy atom. The Morgan fingerprint density at radius 2 is 1.56 bits per heavy atom. The topological polar surface area (TPSA) is 97.7 Å². The Kier molecular flexibility index (Phi) is 5.87. The van der Waals surface area contributed by atoms with Crippen LogP contribution in [0.15, 0.2) is 34.1 Å².